The van der Waals surface area contributed by atoms with Gasteiger partial charge in [0.2, 0.25) is 0 Å². The Morgan fingerprint density at radius 1 is 1.38 bits per heavy atom. The fourth-order valence-electron chi connectivity index (χ4n) is 1.63. The standard InChI is InChI=1S/C14H20ClNO4S/c1-10(2)6-7-16-14(17)9-20-13-5-4-12(8-11(13)3)21(15,18)19/h4-5,8,10H,6-7,9H2,1-3H3,(H,16,17). The number of rotatable bonds is 7. The molecule has 5 nitrogen and oxygen atoms in total. The lowest BCUT2D eigenvalue weighted by Crippen LogP contribution is -2.30. The molecule has 21 heavy (non-hydrogen) atoms. The molecule has 1 rings (SSSR count). The van der Waals surface area contributed by atoms with Gasteiger partial charge in [0.1, 0.15) is 5.75 Å². The first-order valence-corrected chi connectivity index (χ1v) is 8.96. The first kappa shape index (κ1) is 17.8. The highest BCUT2D eigenvalue weighted by Crippen LogP contribution is 2.23. The molecule has 0 atom stereocenters. The van der Waals surface area contributed by atoms with Crippen molar-refractivity contribution < 1.29 is 17.9 Å². The van der Waals surface area contributed by atoms with Crippen molar-refractivity contribution in [3.05, 3.63) is 23.8 Å². The lowest BCUT2D eigenvalue weighted by Gasteiger charge is -2.11. The van der Waals surface area contributed by atoms with Crippen LogP contribution < -0.4 is 10.1 Å². The Kier molecular flexibility index (Phi) is 6.48. The second kappa shape index (κ2) is 7.66. The van der Waals surface area contributed by atoms with Gasteiger partial charge in [-0.2, -0.15) is 0 Å². The van der Waals surface area contributed by atoms with Gasteiger partial charge in [0.05, 0.1) is 4.90 Å². The monoisotopic (exact) mass is 333 g/mol. The van der Waals surface area contributed by atoms with Gasteiger partial charge in [-0.25, -0.2) is 8.42 Å². The predicted molar refractivity (Wildman–Crippen MR) is 82.2 cm³/mol. The summed E-state index contributed by atoms with van der Waals surface area (Å²) in [7, 11) is 1.50. The number of amides is 1. The Hall–Kier alpha value is -1.27. The third kappa shape index (κ3) is 6.35. The molecule has 0 spiro atoms. The van der Waals surface area contributed by atoms with E-state index in [1.165, 1.54) is 18.2 Å². The third-order valence-electron chi connectivity index (χ3n) is 2.83. The number of hydrogen-bond acceptors (Lipinski definition) is 4. The van der Waals surface area contributed by atoms with Crippen LogP contribution in [-0.4, -0.2) is 27.5 Å². The van der Waals surface area contributed by atoms with E-state index >= 15 is 0 Å². The van der Waals surface area contributed by atoms with Gasteiger partial charge in [-0.1, -0.05) is 13.8 Å². The summed E-state index contributed by atoms with van der Waals surface area (Å²) < 4.78 is 27.8. The number of carbonyl (C=O) groups is 1. The molecule has 0 fully saturated rings. The summed E-state index contributed by atoms with van der Waals surface area (Å²) in [5.41, 5.74) is 0.603. The minimum absolute atomic E-state index is 0.00963. The van der Waals surface area contributed by atoms with Crippen molar-refractivity contribution in [2.75, 3.05) is 13.2 Å². The molecule has 0 saturated carbocycles. The molecule has 0 aliphatic carbocycles. The van der Waals surface area contributed by atoms with Gasteiger partial charge in [0.25, 0.3) is 15.0 Å². The van der Waals surface area contributed by atoms with Gasteiger partial charge in [-0.15, -0.1) is 0 Å². The molecule has 1 aromatic rings. The van der Waals surface area contributed by atoms with Crippen LogP contribution in [0.15, 0.2) is 23.1 Å². The quantitative estimate of drug-likeness (QED) is 0.778. The molecule has 1 amide bonds. The number of aryl methyl sites for hydroxylation is 1. The smallest absolute Gasteiger partial charge is 0.261 e. The average Bonchev–Trinajstić information content (AvgIpc) is 2.35. The van der Waals surface area contributed by atoms with E-state index in [0.29, 0.717) is 23.8 Å². The number of ether oxygens (including phenoxy) is 1. The Morgan fingerprint density at radius 3 is 2.57 bits per heavy atom. The molecule has 118 valence electrons. The molecule has 7 heteroatoms. The fraction of sp³-hybridized carbons (Fsp3) is 0.500. The van der Waals surface area contributed by atoms with Gasteiger partial charge >= 0.3 is 0 Å². The zero-order chi connectivity index (χ0) is 16.0. The molecule has 1 N–H and O–H groups in total. The van der Waals surface area contributed by atoms with Crippen LogP contribution in [0.1, 0.15) is 25.8 Å². The number of carbonyl (C=O) groups excluding carboxylic acids is 1. The van der Waals surface area contributed by atoms with Crippen LogP contribution >= 0.6 is 10.7 Å². The predicted octanol–water partition coefficient (Wildman–Crippen LogP) is 2.46. The zero-order valence-electron chi connectivity index (χ0n) is 12.3. The lowest BCUT2D eigenvalue weighted by molar-refractivity contribution is -0.123. The van der Waals surface area contributed by atoms with Crippen molar-refractivity contribution >= 4 is 25.6 Å². The van der Waals surface area contributed by atoms with Gasteiger partial charge in [-0.3, -0.25) is 4.79 Å². The molecule has 0 aliphatic rings. The molecular weight excluding hydrogens is 314 g/mol. The number of hydrogen-bond donors (Lipinski definition) is 1. The molecule has 0 radical (unpaired) electrons. The average molecular weight is 334 g/mol. The summed E-state index contributed by atoms with van der Waals surface area (Å²) in [5, 5.41) is 2.76. The molecule has 1 aromatic carbocycles. The Bertz CT molecular complexity index is 599. The fourth-order valence-corrected chi connectivity index (χ4v) is 2.47. The van der Waals surface area contributed by atoms with Gasteiger partial charge < -0.3 is 10.1 Å². The Labute approximate surface area is 130 Å². The Balaban J connectivity index is 2.54. The maximum atomic E-state index is 11.6. The van der Waals surface area contributed by atoms with Gasteiger partial charge in [0, 0.05) is 17.2 Å². The second-order valence-corrected chi connectivity index (χ2v) is 7.75. The van der Waals surface area contributed by atoms with E-state index < -0.39 is 9.05 Å². The van der Waals surface area contributed by atoms with E-state index in [0.717, 1.165) is 6.42 Å². The van der Waals surface area contributed by atoms with Crippen LogP contribution in [0.3, 0.4) is 0 Å². The van der Waals surface area contributed by atoms with Crippen molar-refractivity contribution in [1.29, 1.82) is 0 Å². The summed E-state index contributed by atoms with van der Waals surface area (Å²) in [6.45, 7) is 6.36. The first-order chi connectivity index (χ1) is 9.70. The minimum Gasteiger partial charge on any atom is -0.484 e. The van der Waals surface area contributed by atoms with Crippen molar-refractivity contribution in [1.82, 2.24) is 5.32 Å². The lowest BCUT2D eigenvalue weighted by atomic mass is 10.1. The highest BCUT2D eigenvalue weighted by molar-refractivity contribution is 8.13. The van der Waals surface area contributed by atoms with Crippen LogP contribution in [0.25, 0.3) is 0 Å². The number of benzene rings is 1. The topological polar surface area (TPSA) is 72.5 Å². The maximum absolute atomic E-state index is 11.6. The minimum atomic E-state index is -3.76. The first-order valence-electron chi connectivity index (χ1n) is 6.65. The van der Waals surface area contributed by atoms with Crippen LogP contribution in [-0.2, 0) is 13.8 Å². The summed E-state index contributed by atoms with van der Waals surface area (Å²) in [6, 6.07) is 4.25. The summed E-state index contributed by atoms with van der Waals surface area (Å²) in [4.78, 5) is 11.6. The molecule has 0 aromatic heterocycles. The van der Waals surface area contributed by atoms with E-state index in [1.807, 2.05) is 0 Å². The van der Waals surface area contributed by atoms with Gasteiger partial charge in [-0.05, 0) is 43.0 Å². The summed E-state index contributed by atoms with van der Waals surface area (Å²) in [6.07, 6.45) is 0.910. The SMILES string of the molecule is Cc1cc(S(=O)(=O)Cl)ccc1OCC(=O)NCCC(C)C. The van der Waals surface area contributed by atoms with Gasteiger partial charge in [0.15, 0.2) is 6.61 Å². The number of nitrogens with one attached hydrogen (secondary N) is 1. The molecule has 0 unspecified atom stereocenters. The maximum Gasteiger partial charge on any atom is 0.261 e. The van der Waals surface area contributed by atoms with Crippen molar-refractivity contribution in [3.63, 3.8) is 0 Å². The highest BCUT2D eigenvalue weighted by atomic mass is 35.7. The van der Waals surface area contributed by atoms with E-state index in [-0.39, 0.29) is 17.4 Å². The van der Waals surface area contributed by atoms with Crippen molar-refractivity contribution in [3.8, 4) is 5.75 Å². The van der Waals surface area contributed by atoms with Crippen LogP contribution in [0.2, 0.25) is 0 Å². The van der Waals surface area contributed by atoms with E-state index in [9.17, 15) is 13.2 Å². The van der Waals surface area contributed by atoms with Crippen molar-refractivity contribution in [2.24, 2.45) is 5.92 Å². The molecule has 0 heterocycles. The zero-order valence-corrected chi connectivity index (χ0v) is 13.9. The second-order valence-electron chi connectivity index (χ2n) is 5.19. The van der Waals surface area contributed by atoms with Crippen LogP contribution in [0.4, 0.5) is 0 Å². The Morgan fingerprint density at radius 2 is 2.05 bits per heavy atom. The summed E-state index contributed by atoms with van der Waals surface area (Å²) in [5.74, 6) is 0.778. The van der Waals surface area contributed by atoms with E-state index in [2.05, 4.69) is 19.2 Å². The summed E-state index contributed by atoms with van der Waals surface area (Å²) >= 11 is 0. The number of halogens is 1. The third-order valence-corrected chi connectivity index (χ3v) is 4.18. The molecular formula is C14H20ClNO4S. The normalized spacial score (nSPS) is 11.5. The largest absolute Gasteiger partial charge is 0.484 e. The molecule has 0 saturated heterocycles. The molecule has 0 bridgehead atoms. The van der Waals surface area contributed by atoms with E-state index in [4.69, 9.17) is 15.4 Å². The highest BCUT2D eigenvalue weighted by Gasteiger charge is 2.12. The van der Waals surface area contributed by atoms with Crippen LogP contribution in [0.5, 0.6) is 5.75 Å². The van der Waals surface area contributed by atoms with Crippen LogP contribution in [0, 0.1) is 12.8 Å². The molecule has 0 aliphatic heterocycles. The van der Waals surface area contributed by atoms with Crippen molar-refractivity contribution in [2.45, 2.75) is 32.1 Å². The van der Waals surface area contributed by atoms with E-state index in [1.54, 1.807) is 6.92 Å².